The molecule has 0 spiro atoms. The van der Waals surface area contributed by atoms with Gasteiger partial charge in [-0.3, -0.25) is 9.80 Å². The summed E-state index contributed by atoms with van der Waals surface area (Å²) in [4.78, 5) is 4.87. The summed E-state index contributed by atoms with van der Waals surface area (Å²) in [6.45, 7) is 7.37. The van der Waals surface area contributed by atoms with Gasteiger partial charge in [0.1, 0.15) is 5.75 Å². The molecule has 1 aromatic rings. The summed E-state index contributed by atoms with van der Waals surface area (Å²) in [7, 11) is 1.71. The molecule has 1 atom stereocenters. The SMILES string of the molecule is COc1cccc([C@H](C)N2CCN(CCC#N)CC2)c1. The molecule has 1 aliphatic rings. The van der Waals surface area contributed by atoms with Gasteiger partial charge in [-0.05, 0) is 24.6 Å². The Balaban J connectivity index is 1.91. The summed E-state index contributed by atoms with van der Waals surface area (Å²) in [5.41, 5.74) is 1.30. The van der Waals surface area contributed by atoms with E-state index in [4.69, 9.17) is 10.00 Å². The van der Waals surface area contributed by atoms with Crippen molar-refractivity contribution in [3.8, 4) is 11.8 Å². The third-order valence-electron chi connectivity index (χ3n) is 4.07. The van der Waals surface area contributed by atoms with Gasteiger partial charge in [-0.25, -0.2) is 0 Å². The van der Waals surface area contributed by atoms with Gasteiger partial charge >= 0.3 is 0 Å². The van der Waals surface area contributed by atoms with Gasteiger partial charge in [0.2, 0.25) is 0 Å². The number of rotatable bonds is 5. The van der Waals surface area contributed by atoms with E-state index in [1.165, 1.54) is 5.56 Å². The van der Waals surface area contributed by atoms with E-state index in [1.54, 1.807) is 7.11 Å². The predicted octanol–water partition coefficient (Wildman–Crippen LogP) is 2.29. The summed E-state index contributed by atoms with van der Waals surface area (Å²) in [6.07, 6.45) is 0.630. The summed E-state index contributed by atoms with van der Waals surface area (Å²) < 4.78 is 5.30. The number of nitrogens with zero attached hydrogens (tertiary/aromatic N) is 3. The molecule has 1 heterocycles. The van der Waals surface area contributed by atoms with Crippen molar-refractivity contribution in [2.24, 2.45) is 0 Å². The first-order chi connectivity index (χ1) is 9.74. The van der Waals surface area contributed by atoms with Crippen molar-refractivity contribution in [2.75, 3.05) is 39.8 Å². The maximum Gasteiger partial charge on any atom is 0.119 e. The van der Waals surface area contributed by atoms with Crippen molar-refractivity contribution in [2.45, 2.75) is 19.4 Å². The van der Waals surface area contributed by atoms with Gasteiger partial charge < -0.3 is 4.74 Å². The van der Waals surface area contributed by atoms with Crippen molar-refractivity contribution in [1.29, 1.82) is 5.26 Å². The molecule has 108 valence electrons. The number of hydrogen-bond donors (Lipinski definition) is 0. The highest BCUT2D eigenvalue weighted by Crippen LogP contribution is 2.24. The van der Waals surface area contributed by atoms with Gasteiger partial charge in [-0.15, -0.1) is 0 Å². The average molecular weight is 273 g/mol. The summed E-state index contributed by atoms with van der Waals surface area (Å²) in [5, 5.41) is 8.64. The van der Waals surface area contributed by atoms with E-state index in [0.717, 1.165) is 38.5 Å². The number of methoxy groups -OCH3 is 1. The fraction of sp³-hybridized carbons (Fsp3) is 0.562. The highest BCUT2D eigenvalue weighted by Gasteiger charge is 2.21. The fourth-order valence-corrected chi connectivity index (χ4v) is 2.69. The van der Waals surface area contributed by atoms with Gasteiger partial charge in [0.25, 0.3) is 0 Å². The maximum atomic E-state index is 8.64. The Hall–Kier alpha value is -1.57. The first kappa shape index (κ1) is 14.8. The van der Waals surface area contributed by atoms with Crippen LogP contribution in [-0.2, 0) is 0 Å². The Kier molecular flexibility index (Phi) is 5.40. The van der Waals surface area contributed by atoms with Crippen molar-refractivity contribution < 1.29 is 4.74 Å². The van der Waals surface area contributed by atoms with E-state index >= 15 is 0 Å². The minimum atomic E-state index is 0.406. The molecule has 2 rings (SSSR count). The second-order valence-corrected chi connectivity index (χ2v) is 5.24. The van der Waals surface area contributed by atoms with Gasteiger partial charge in [0, 0.05) is 45.2 Å². The highest BCUT2D eigenvalue weighted by atomic mass is 16.5. The van der Waals surface area contributed by atoms with Gasteiger partial charge in [0.15, 0.2) is 0 Å². The number of nitriles is 1. The van der Waals surface area contributed by atoms with Crippen molar-refractivity contribution in [3.05, 3.63) is 29.8 Å². The van der Waals surface area contributed by atoms with E-state index in [2.05, 4.69) is 34.9 Å². The lowest BCUT2D eigenvalue weighted by Gasteiger charge is -2.38. The summed E-state index contributed by atoms with van der Waals surface area (Å²) in [6, 6.07) is 10.9. The molecular formula is C16H23N3O. The van der Waals surface area contributed by atoms with E-state index in [0.29, 0.717) is 12.5 Å². The molecule has 0 bridgehead atoms. The molecule has 4 heteroatoms. The number of hydrogen-bond acceptors (Lipinski definition) is 4. The quantitative estimate of drug-likeness (QED) is 0.825. The zero-order valence-electron chi connectivity index (χ0n) is 12.4. The van der Waals surface area contributed by atoms with Crippen LogP contribution in [0.25, 0.3) is 0 Å². The Morgan fingerprint density at radius 1 is 1.30 bits per heavy atom. The van der Waals surface area contributed by atoms with Crippen LogP contribution in [0.5, 0.6) is 5.75 Å². The Bertz CT molecular complexity index is 461. The van der Waals surface area contributed by atoms with Crippen LogP contribution in [-0.4, -0.2) is 49.6 Å². The molecule has 1 fully saturated rings. The van der Waals surface area contributed by atoms with Gasteiger partial charge in [0.05, 0.1) is 13.2 Å². The third-order valence-corrected chi connectivity index (χ3v) is 4.07. The largest absolute Gasteiger partial charge is 0.497 e. The monoisotopic (exact) mass is 273 g/mol. The summed E-state index contributed by atoms with van der Waals surface area (Å²) in [5.74, 6) is 0.919. The molecule has 0 amide bonds. The minimum Gasteiger partial charge on any atom is -0.497 e. The highest BCUT2D eigenvalue weighted by molar-refractivity contribution is 5.30. The van der Waals surface area contributed by atoms with E-state index in [-0.39, 0.29) is 0 Å². The Labute approximate surface area is 121 Å². The normalized spacial score (nSPS) is 18.4. The Morgan fingerprint density at radius 3 is 2.70 bits per heavy atom. The first-order valence-corrected chi connectivity index (χ1v) is 7.22. The van der Waals surface area contributed by atoms with Crippen LogP contribution in [0.4, 0.5) is 0 Å². The molecule has 0 aromatic heterocycles. The van der Waals surface area contributed by atoms with Crippen molar-refractivity contribution in [3.63, 3.8) is 0 Å². The predicted molar refractivity (Wildman–Crippen MR) is 79.7 cm³/mol. The molecule has 0 N–H and O–H groups in total. The van der Waals surface area contributed by atoms with E-state index in [1.807, 2.05) is 12.1 Å². The minimum absolute atomic E-state index is 0.406. The summed E-state index contributed by atoms with van der Waals surface area (Å²) >= 11 is 0. The van der Waals surface area contributed by atoms with Crippen molar-refractivity contribution >= 4 is 0 Å². The zero-order valence-corrected chi connectivity index (χ0v) is 12.4. The van der Waals surface area contributed by atoms with Crippen molar-refractivity contribution in [1.82, 2.24) is 9.80 Å². The number of ether oxygens (including phenoxy) is 1. The van der Waals surface area contributed by atoms with E-state index in [9.17, 15) is 0 Å². The molecule has 4 nitrogen and oxygen atoms in total. The fourth-order valence-electron chi connectivity index (χ4n) is 2.69. The zero-order chi connectivity index (χ0) is 14.4. The molecule has 0 aliphatic carbocycles. The standard InChI is InChI=1S/C16H23N3O/c1-14(15-5-3-6-16(13-15)20-2)19-11-9-18(10-12-19)8-4-7-17/h3,5-6,13-14H,4,8-12H2,1-2H3/t14-/m0/s1. The van der Waals surface area contributed by atoms with Gasteiger partial charge in [-0.2, -0.15) is 5.26 Å². The number of piperazine rings is 1. The Morgan fingerprint density at radius 2 is 2.05 bits per heavy atom. The van der Waals surface area contributed by atoms with Crippen LogP contribution < -0.4 is 4.74 Å². The van der Waals surface area contributed by atoms with Gasteiger partial charge in [-0.1, -0.05) is 12.1 Å². The van der Waals surface area contributed by atoms with Crippen LogP contribution in [0.1, 0.15) is 24.9 Å². The molecule has 0 radical (unpaired) electrons. The second-order valence-electron chi connectivity index (χ2n) is 5.24. The molecule has 1 saturated heterocycles. The maximum absolute atomic E-state index is 8.64. The lowest BCUT2D eigenvalue weighted by Crippen LogP contribution is -2.47. The molecular weight excluding hydrogens is 250 g/mol. The topological polar surface area (TPSA) is 39.5 Å². The van der Waals surface area contributed by atoms with Crippen LogP contribution in [0.15, 0.2) is 24.3 Å². The lowest BCUT2D eigenvalue weighted by atomic mass is 10.1. The van der Waals surface area contributed by atoms with E-state index < -0.39 is 0 Å². The second kappa shape index (κ2) is 7.28. The average Bonchev–Trinajstić information content (AvgIpc) is 2.52. The smallest absolute Gasteiger partial charge is 0.119 e. The van der Waals surface area contributed by atoms with Crippen LogP contribution in [0, 0.1) is 11.3 Å². The molecule has 1 aliphatic heterocycles. The van der Waals surface area contributed by atoms with Crippen LogP contribution >= 0.6 is 0 Å². The lowest BCUT2D eigenvalue weighted by molar-refractivity contribution is 0.104. The molecule has 0 saturated carbocycles. The third kappa shape index (κ3) is 3.72. The molecule has 1 aromatic carbocycles. The first-order valence-electron chi connectivity index (χ1n) is 7.22. The van der Waals surface area contributed by atoms with Crippen LogP contribution in [0.2, 0.25) is 0 Å². The molecule has 20 heavy (non-hydrogen) atoms. The molecule has 0 unspecified atom stereocenters. The number of benzene rings is 1. The van der Waals surface area contributed by atoms with Crippen LogP contribution in [0.3, 0.4) is 0 Å².